The van der Waals surface area contributed by atoms with Gasteiger partial charge in [0.15, 0.2) is 0 Å². The molecule has 4 heteroatoms. The molecule has 38 heavy (non-hydrogen) atoms. The second-order valence-corrected chi connectivity index (χ2v) is 13.8. The van der Waals surface area contributed by atoms with Crippen molar-refractivity contribution in [3.05, 3.63) is 86.5 Å². The zero-order valence-electron chi connectivity index (χ0n) is 25.2. The fraction of sp³-hybridized carbons (Fsp3) is 0.441. The number of phenols is 2. The highest BCUT2D eigenvalue weighted by molar-refractivity contribution is 6.19. The lowest BCUT2D eigenvalue weighted by atomic mass is 9.74. The Hall–Kier alpha value is -2.59. The Bertz CT molecular complexity index is 1290. The van der Waals surface area contributed by atoms with E-state index >= 15 is 0 Å². The van der Waals surface area contributed by atoms with E-state index < -0.39 is 0 Å². The Kier molecular flexibility index (Phi) is 8.76. The van der Waals surface area contributed by atoms with Crippen LogP contribution in [0.5, 0.6) is 11.5 Å². The summed E-state index contributed by atoms with van der Waals surface area (Å²) in [5.41, 5.74) is 7.02. The number of hydrogen-bond acceptors (Lipinski definition) is 2. The number of allylic oxidation sites excluding steroid dienone is 5. The average molecular weight is 582 g/mol. The maximum atomic E-state index is 11.7. The zero-order chi connectivity index (χ0) is 28.2. The Morgan fingerprint density at radius 3 is 1.37 bits per heavy atom. The van der Waals surface area contributed by atoms with E-state index in [4.69, 9.17) is 0 Å². The molecule has 3 rings (SSSR count). The van der Waals surface area contributed by atoms with Gasteiger partial charge in [-0.25, -0.2) is 0 Å². The maximum Gasteiger partial charge on any atom is 0.351 e. The fourth-order valence-corrected chi connectivity index (χ4v) is 5.06. The van der Waals surface area contributed by atoms with Crippen LogP contribution in [0.25, 0.3) is 5.57 Å². The lowest BCUT2D eigenvalue weighted by molar-refractivity contribution is -0.0000122. The van der Waals surface area contributed by atoms with Crippen molar-refractivity contribution >= 4 is 11.4 Å². The highest BCUT2D eigenvalue weighted by Crippen LogP contribution is 2.47. The standard InChI is InChI=1S/C34H44O3.BrH/c1-19-13-22(29(35)25(16-19)32(4,5)6)28(23-14-20(2)17-26(30(23)36)33(7,8)9)24-15-21(3)18-27(31(24)37)34(10,11)12;/h13-18,35-36H,1-12H3;1H. The van der Waals surface area contributed by atoms with Gasteiger partial charge in [-0.1, -0.05) is 74.4 Å². The molecule has 0 aliphatic heterocycles. The van der Waals surface area contributed by atoms with Crippen LogP contribution in [0.1, 0.15) is 103 Å². The van der Waals surface area contributed by atoms with Crippen molar-refractivity contribution in [3.8, 4) is 11.5 Å². The average Bonchev–Trinajstić information content (AvgIpc) is 2.72. The molecule has 0 heterocycles. The molecule has 2 aromatic rings. The molecule has 0 radical (unpaired) electrons. The molecule has 0 spiro atoms. The van der Waals surface area contributed by atoms with Gasteiger partial charge < -0.3 is 27.2 Å². The monoisotopic (exact) mass is 580 g/mol. The van der Waals surface area contributed by atoms with Crippen molar-refractivity contribution in [2.45, 2.75) is 93.9 Å². The first-order valence-electron chi connectivity index (χ1n) is 13.1. The van der Waals surface area contributed by atoms with Gasteiger partial charge in [0.05, 0.1) is 11.1 Å². The molecule has 2 aromatic carbocycles. The first-order valence-corrected chi connectivity index (χ1v) is 13.1. The predicted molar refractivity (Wildman–Crippen MR) is 157 cm³/mol. The molecule has 1 aliphatic rings. The van der Waals surface area contributed by atoms with Gasteiger partial charge in [-0.05, 0) is 78.0 Å². The highest BCUT2D eigenvalue weighted by atomic mass is 79.9. The van der Waals surface area contributed by atoms with Gasteiger partial charge in [0, 0.05) is 27.8 Å². The number of rotatable bonds is 2. The smallest absolute Gasteiger partial charge is 0.351 e. The molecule has 3 N–H and O–H groups in total. The van der Waals surface area contributed by atoms with Crippen LogP contribution in [0.3, 0.4) is 0 Å². The summed E-state index contributed by atoms with van der Waals surface area (Å²) in [6.45, 7) is 24.8. The van der Waals surface area contributed by atoms with Crippen LogP contribution < -0.4 is 17.0 Å². The van der Waals surface area contributed by atoms with Crippen LogP contribution in [0.15, 0.2) is 53.1 Å². The van der Waals surface area contributed by atoms with Crippen LogP contribution >= 0.6 is 0 Å². The summed E-state index contributed by atoms with van der Waals surface area (Å²) < 4.78 is 0. The SMILES string of the molecule is CC1=CC(=C(c2cc(C)cc(C(C)(C)C)c2O)c2cc(C)cc(C(C)(C)C)c2O)C(=[OH+])C(C(C)(C)C)=C1.[Br-]. The van der Waals surface area contributed by atoms with Crippen molar-refractivity contribution in [1.29, 1.82) is 0 Å². The minimum atomic E-state index is -0.299. The Morgan fingerprint density at radius 2 is 1.03 bits per heavy atom. The van der Waals surface area contributed by atoms with E-state index in [0.717, 1.165) is 33.4 Å². The number of halogens is 1. The normalized spacial score (nSPS) is 14.6. The van der Waals surface area contributed by atoms with E-state index in [1.54, 1.807) is 0 Å². The van der Waals surface area contributed by atoms with Crippen LogP contribution in [-0.4, -0.2) is 20.8 Å². The molecule has 0 atom stereocenters. The van der Waals surface area contributed by atoms with Gasteiger partial charge >= 0.3 is 5.78 Å². The van der Waals surface area contributed by atoms with Crippen molar-refractivity contribution in [1.82, 2.24) is 0 Å². The topological polar surface area (TPSA) is 61.9 Å². The summed E-state index contributed by atoms with van der Waals surface area (Å²) in [7, 11) is 0. The molecule has 0 saturated heterocycles. The number of phenolic OH excluding ortho intramolecular Hbond substituents is 2. The fourth-order valence-electron chi connectivity index (χ4n) is 5.06. The largest absolute Gasteiger partial charge is 1.00 e. The van der Waals surface area contributed by atoms with E-state index in [1.165, 1.54) is 0 Å². The van der Waals surface area contributed by atoms with Crippen molar-refractivity contribution in [2.75, 3.05) is 0 Å². The predicted octanol–water partition coefficient (Wildman–Crippen LogP) is 5.59. The molecule has 0 aromatic heterocycles. The molecule has 0 bridgehead atoms. The molecule has 0 amide bonds. The number of carbonyl (C=O) groups excluding carboxylic acids is 1. The first kappa shape index (κ1) is 31.6. The molecule has 0 fully saturated rings. The number of benzene rings is 2. The number of hydrogen-bond donors (Lipinski definition) is 2. The molecular formula is C34H45BrO3. The highest BCUT2D eigenvalue weighted by Gasteiger charge is 2.37. The van der Waals surface area contributed by atoms with E-state index in [2.05, 4.69) is 62.3 Å². The van der Waals surface area contributed by atoms with Gasteiger partial charge in [-0.3, -0.25) is 4.79 Å². The maximum absolute atomic E-state index is 11.7. The summed E-state index contributed by atoms with van der Waals surface area (Å²) in [6, 6.07) is 7.95. The quantitative estimate of drug-likeness (QED) is 0.359. The van der Waals surface area contributed by atoms with Gasteiger partial charge in [0.1, 0.15) is 11.5 Å². The zero-order valence-corrected chi connectivity index (χ0v) is 26.8. The molecule has 1 aliphatic carbocycles. The van der Waals surface area contributed by atoms with Crippen LogP contribution in [0.4, 0.5) is 0 Å². The third-order valence-electron chi connectivity index (χ3n) is 6.99. The Morgan fingerprint density at radius 1 is 0.632 bits per heavy atom. The Labute approximate surface area is 240 Å². The van der Waals surface area contributed by atoms with Gasteiger partial charge in [0.25, 0.3) is 0 Å². The third kappa shape index (κ3) is 6.17. The summed E-state index contributed by atoms with van der Waals surface area (Å²) in [5.74, 6) is 0.513. The van der Waals surface area contributed by atoms with Gasteiger partial charge in [0.2, 0.25) is 0 Å². The first-order chi connectivity index (χ1) is 16.7. The van der Waals surface area contributed by atoms with Crippen LogP contribution in [0, 0.1) is 19.3 Å². The molecule has 206 valence electrons. The lowest BCUT2D eigenvalue weighted by Gasteiger charge is -2.28. The van der Waals surface area contributed by atoms with Crippen LogP contribution in [-0.2, 0) is 10.8 Å². The lowest BCUT2D eigenvalue weighted by Crippen LogP contribution is -3.00. The third-order valence-corrected chi connectivity index (χ3v) is 6.99. The second-order valence-electron chi connectivity index (χ2n) is 13.8. The van der Waals surface area contributed by atoms with Gasteiger partial charge in [-0.2, -0.15) is 0 Å². The van der Waals surface area contributed by atoms with E-state index in [1.807, 2.05) is 57.2 Å². The minimum absolute atomic E-state index is 0. The number of aromatic hydroxyl groups is 2. The van der Waals surface area contributed by atoms with Crippen LogP contribution in [0.2, 0.25) is 0 Å². The molecule has 0 unspecified atom stereocenters. The minimum Gasteiger partial charge on any atom is -1.00 e. The second kappa shape index (κ2) is 10.5. The summed E-state index contributed by atoms with van der Waals surface area (Å²) >= 11 is 0. The van der Waals surface area contributed by atoms with Gasteiger partial charge in [-0.15, -0.1) is 0 Å². The van der Waals surface area contributed by atoms with Crippen molar-refractivity contribution in [2.24, 2.45) is 5.41 Å². The van der Waals surface area contributed by atoms with E-state index in [0.29, 0.717) is 22.3 Å². The van der Waals surface area contributed by atoms with Crippen molar-refractivity contribution < 1.29 is 32.0 Å². The summed E-state index contributed by atoms with van der Waals surface area (Å²) in [4.78, 5) is 11.7. The van der Waals surface area contributed by atoms with E-state index in [-0.39, 0.29) is 50.5 Å². The summed E-state index contributed by atoms with van der Waals surface area (Å²) in [5, 5.41) is 23.5. The number of ketones is 1. The number of aryl methyl sites for hydroxylation is 2. The molecule has 3 nitrogen and oxygen atoms in total. The van der Waals surface area contributed by atoms with Crippen molar-refractivity contribution in [3.63, 3.8) is 0 Å². The molecule has 0 saturated carbocycles. The summed E-state index contributed by atoms with van der Waals surface area (Å²) in [6.07, 6.45) is 3.97. The molecular weight excluding hydrogens is 536 g/mol. The Balaban J connectivity index is 0.00000507. The van der Waals surface area contributed by atoms with E-state index in [9.17, 15) is 15.0 Å².